The van der Waals surface area contributed by atoms with E-state index in [4.69, 9.17) is 10.5 Å². The van der Waals surface area contributed by atoms with Gasteiger partial charge in [0.15, 0.2) is 0 Å². The molecular formula is C18H19N3O2. The number of nitrogens with one attached hydrogen (secondary N) is 1. The lowest BCUT2D eigenvalue weighted by molar-refractivity contribution is 0.102. The Morgan fingerprint density at radius 3 is 2.87 bits per heavy atom. The van der Waals surface area contributed by atoms with E-state index in [1.165, 1.54) is 0 Å². The van der Waals surface area contributed by atoms with Gasteiger partial charge in [0.1, 0.15) is 18.2 Å². The van der Waals surface area contributed by atoms with Gasteiger partial charge in [-0.25, -0.2) is 4.98 Å². The lowest BCUT2D eigenvalue weighted by Crippen LogP contribution is -2.15. The van der Waals surface area contributed by atoms with E-state index < -0.39 is 0 Å². The summed E-state index contributed by atoms with van der Waals surface area (Å²) in [5.41, 5.74) is 7.52. The predicted molar refractivity (Wildman–Crippen MR) is 91.3 cm³/mol. The number of nitrogen functional groups attached to an aromatic ring is 1. The van der Waals surface area contributed by atoms with Gasteiger partial charge in [-0.2, -0.15) is 0 Å². The third-order valence-corrected chi connectivity index (χ3v) is 3.01. The Labute approximate surface area is 135 Å². The number of carbonyl (C=O) groups is 1. The van der Waals surface area contributed by atoms with E-state index in [2.05, 4.69) is 22.1 Å². The topological polar surface area (TPSA) is 77.2 Å². The summed E-state index contributed by atoms with van der Waals surface area (Å²) in [4.78, 5) is 16.4. The SMILES string of the molecule is CCC#CCOc1cccc(NC(=O)c2ccc(C)nc2N)c1. The first-order chi connectivity index (χ1) is 11.1. The molecule has 0 fully saturated rings. The molecule has 0 saturated heterocycles. The summed E-state index contributed by atoms with van der Waals surface area (Å²) in [6.45, 7) is 4.12. The summed E-state index contributed by atoms with van der Waals surface area (Å²) >= 11 is 0. The molecule has 1 aromatic carbocycles. The molecule has 0 unspecified atom stereocenters. The number of nitrogens with zero attached hydrogens (tertiary/aromatic N) is 1. The van der Waals surface area contributed by atoms with Crippen molar-refractivity contribution in [3.8, 4) is 17.6 Å². The molecule has 0 saturated carbocycles. The molecule has 23 heavy (non-hydrogen) atoms. The number of nitrogens with two attached hydrogens (primary N) is 1. The number of aryl methyl sites for hydroxylation is 1. The van der Waals surface area contributed by atoms with Gasteiger partial charge in [-0.3, -0.25) is 4.79 Å². The van der Waals surface area contributed by atoms with Crippen molar-refractivity contribution < 1.29 is 9.53 Å². The van der Waals surface area contributed by atoms with Crippen molar-refractivity contribution in [2.45, 2.75) is 20.3 Å². The summed E-state index contributed by atoms with van der Waals surface area (Å²) < 4.78 is 5.51. The molecule has 0 aliphatic rings. The molecule has 2 rings (SSSR count). The number of pyridine rings is 1. The standard InChI is InChI=1S/C18H19N3O2/c1-3-4-5-11-23-15-8-6-7-14(12-15)21-18(22)16-10-9-13(2)20-17(16)19/h6-10,12H,3,11H2,1-2H3,(H2,19,20)(H,21,22). The highest BCUT2D eigenvalue weighted by Crippen LogP contribution is 2.19. The highest BCUT2D eigenvalue weighted by atomic mass is 16.5. The van der Waals surface area contributed by atoms with Crippen LogP contribution in [0.4, 0.5) is 11.5 Å². The Morgan fingerprint density at radius 2 is 2.13 bits per heavy atom. The fraction of sp³-hybridized carbons (Fsp3) is 0.222. The lowest BCUT2D eigenvalue weighted by Gasteiger charge is -2.09. The van der Waals surface area contributed by atoms with Crippen molar-refractivity contribution in [2.24, 2.45) is 0 Å². The maximum atomic E-state index is 12.3. The Hall–Kier alpha value is -3.00. The third kappa shape index (κ3) is 4.75. The van der Waals surface area contributed by atoms with Crippen LogP contribution in [-0.2, 0) is 0 Å². The first-order valence-corrected chi connectivity index (χ1v) is 7.33. The van der Waals surface area contributed by atoms with Crippen LogP contribution in [0.2, 0.25) is 0 Å². The van der Waals surface area contributed by atoms with Crippen LogP contribution >= 0.6 is 0 Å². The van der Waals surface area contributed by atoms with E-state index in [1.807, 2.05) is 19.9 Å². The fourth-order valence-electron chi connectivity index (χ4n) is 1.93. The number of rotatable bonds is 4. The Balaban J connectivity index is 2.06. The molecule has 0 aliphatic heterocycles. The highest BCUT2D eigenvalue weighted by Gasteiger charge is 2.11. The summed E-state index contributed by atoms with van der Waals surface area (Å²) in [7, 11) is 0. The average Bonchev–Trinajstić information content (AvgIpc) is 2.52. The van der Waals surface area contributed by atoms with Gasteiger partial charge in [-0.1, -0.05) is 18.9 Å². The minimum atomic E-state index is -0.307. The number of anilines is 2. The molecule has 0 bridgehead atoms. The van der Waals surface area contributed by atoms with Gasteiger partial charge < -0.3 is 15.8 Å². The van der Waals surface area contributed by atoms with Crippen molar-refractivity contribution in [2.75, 3.05) is 17.7 Å². The zero-order valence-corrected chi connectivity index (χ0v) is 13.2. The van der Waals surface area contributed by atoms with Crippen LogP contribution in [0.15, 0.2) is 36.4 Å². The zero-order valence-electron chi connectivity index (χ0n) is 13.2. The third-order valence-electron chi connectivity index (χ3n) is 3.01. The number of amides is 1. The van der Waals surface area contributed by atoms with Crippen molar-refractivity contribution in [3.05, 3.63) is 47.7 Å². The van der Waals surface area contributed by atoms with E-state index in [9.17, 15) is 4.79 Å². The number of hydrogen-bond acceptors (Lipinski definition) is 4. The van der Waals surface area contributed by atoms with Gasteiger partial charge in [0, 0.05) is 23.9 Å². The summed E-state index contributed by atoms with van der Waals surface area (Å²) in [6, 6.07) is 10.5. The molecule has 118 valence electrons. The van der Waals surface area contributed by atoms with E-state index in [1.54, 1.807) is 30.3 Å². The fourth-order valence-corrected chi connectivity index (χ4v) is 1.93. The van der Waals surface area contributed by atoms with Crippen molar-refractivity contribution in [1.82, 2.24) is 4.98 Å². The van der Waals surface area contributed by atoms with Gasteiger partial charge in [0.2, 0.25) is 0 Å². The van der Waals surface area contributed by atoms with Crippen molar-refractivity contribution in [3.63, 3.8) is 0 Å². The molecule has 1 heterocycles. The van der Waals surface area contributed by atoms with Gasteiger partial charge >= 0.3 is 0 Å². The number of benzene rings is 1. The van der Waals surface area contributed by atoms with Crippen LogP contribution in [0.25, 0.3) is 0 Å². The average molecular weight is 309 g/mol. The van der Waals surface area contributed by atoms with Crippen LogP contribution in [0.5, 0.6) is 5.75 Å². The van der Waals surface area contributed by atoms with Gasteiger partial charge in [-0.05, 0) is 31.2 Å². The minimum Gasteiger partial charge on any atom is -0.481 e. The van der Waals surface area contributed by atoms with Crippen molar-refractivity contribution >= 4 is 17.4 Å². The quantitative estimate of drug-likeness (QED) is 0.851. The maximum absolute atomic E-state index is 12.3. The molecule has 0 radical (unpaired) electrons. The van der Waals surface area contributed by atoms with Crippen molar-refractivity contribution in [1.29, 1.82) is 0 Å². The Kier molecular flexibility index (Phi) is 5.59. The second-order valence-electron chi connectivity index (χ2n) is 4.86. The monoisotopic (exact) mass is 309 g/mol. The van der Waals surface area contributed by atoms with E-state index in [-0.39, 0.29) is 11.7 Å². The second kappa shape index (κ2) is 7.85. The molecule has 0 aliphatic carbocycles. The smallest absolute Gasteiger partial charge is 0.259 e. The van der Waals surface area contributed by atoms with E-state index in [0.29, 0.717) is 23.6 Å². The zero-order chi connectivity index (χ0) is 16.7. The molecule has 3 N–H and O–H groups in total. The number of carbonyl (C=O) groups excluding carboxylic acids is 1. The van der Waals surface area contributed by atoms with Crippen LogP contribution < -0.4 is 15.8 Å². The largest absolute Gasteiger partial charge is 0.481 e. The van der Waals surface area contributed by atoms with Crippen LogP contribution in [0, 0.1) is 18.8 Å². The van der Waals surface area contributed by atoms with Crippen LogP contribution in [0.1, 0.15) is 29.4 Å². The molecule has 1 amide bonds. The number of ether oxygens (including phenoxy) is 1. The minimum absolute atomic E-state index is 0.213. The molecule has 2 aromatic rings. The molecule has 5 heteroatoms. The van der Waals surface area contributed by atoms with Crippen LogP contribution in [-0.4, -0.2) is 17.5 Å². The molecular weight excluding hydrogens is 290 g/mol. The molecule has 0 atom stereocenters. The highest BCUT2D eigenvalue weighted by molar-refractivity contribution is 6.07. The van der Waals surface area contributed by atoms with Gasteiger partial charge in [0.25, 0.3) is 5.91 Å². The Bertz CT molecular complexity index is 760. The van der Waals surface area contributed by atoms with E-state index >= 15 is 0 Å². The summed E-state index contributed by atoms with van der Waals surface area (Å²) in [6.07, 6.45) is 0.797. The first kappa shape index (κ1) is 16.4. The molecule has 5 nitrogen and oxygen atoms in total. The van der Waals surface area contributed by atoms with E-state index in [0.717, 1.165) is 12.1 Å². The van der Waals surface area contributed by atoms with Crippen LogP contribution in [0.3, 0.4) is 0 Å². The predicted octanol–water partition coefficient (Wildman–Crippen LogP) is 3.02. The number of aromatic nitrogens is 1. The normalized spacial score (nSPS) is 9.65. The Morgan fingerprint density at radius 1 is 1.30 bits per heavy atom. The second-order valence-corrected chi connectivity index (χ2v) is 4.86. The number of hydrogen-bond donors (Lipinski definition) is 2. The first-order valence-electron chi connectivity index (χ1n) is 7.33. The lowest BCUT2D eigenvalue weighted by atomic mass is 10.2. The summed E-state index contributed by atoms with van der Waals surface area (Å²) in [5, 5.41) is 2.79. The summed E-state index contributed by atoms with van der Waals surface area (Å²) in [5.74, 6) is 6.38. The molecule has 1 aromatic heterocycles. The maximum Gasteiger partial charge on any atom is 0.259 e. The van der Waals surface area contributed by atoms with Gasteiger partial charge in [-0.15, -0.1) is 5.92 Å². The molecule has 0 spiro atoms. The van der Waals surface area contributed by atoms with Gasteiger partial charge in [0.05, 0.1) is 5.56 Å².